The van der Waals surface area contributed by atoms with E-state index in [9.17, 15) is 14.7 Å². The van der Waals surface area contributed by atoms with Gasteiger partial charge in [0.15, 0.2) is 0 Å². The van der Waals surface area contributed by atoms with Crippen molar-refractivity contribution in [3.05, 3.63) is 35.4 Å². The molecule has 1 saturated heterocycles. The summed E-state index contributed by atoms with van der Waals surface area (Å²) in [6, 6.07) is 7.97. The maximum Gasteiger partial charge on any atom is 0.311 e. The van der Waals surface area contributed by atoms with E-state index in [0.717, 1.165) is 0 Å². The fourth-order valence-corrected chi connectivity index (χ4v) is 3.83. The van der Waals surface area contributed by atoms with Crippen LogP contribution in [0, 0.1) is 5.41 Å². The third-order valence-corrected chi connectivity index (χ3v) is 5.51. The lowest BCUT2D eigenvalue weighted by Gasteiger charge is -2.23. The quantitative estimate of drug-likeness (QED) is 0.926. The molecule has 2 aliphatic rings. The maximum atomic E-state index is 12.6. The number of carboxylic acids is 1. The first-order valence-corrected chi connectivity index (χ1v) is 8.62. The number of likely N-dealkylation sites (tertiary alicyclic amines) is 1. The highest BCUT2D eigenvalue weighted by molar-refractivity contribution is 5.95. The molecule has 1 N–H and O–H groups in total. The molecule has 1 aromatic rings. The highest BCUT2D eigenvalue weighted by atomic mass is 16.4. The van der Waals surface area contributed by atoms with E-state index < -0.39 is 11.4 Å². The first-order valence-electron chi connectivity index (χ1n) is 8.62. The Kier molecular flexibility index (Phi) is 4.42. The molecule has 0 aromatic heterocycles. The van der Waals surface area contributed by atoms with E-state index in [1.165, 1.54) is 37.7 Å². The highest BCUT2D eigenvalue weighted by Gasteiger charge is 2.42. The number of carbonyl (C=O) groups is 2. The molecule has 0 bridgehead atoms. The van der Waals surface area contributed by atoms with Gasteiger partial charge in [-0.3, -0.25) is 9.59 Å². The standard InChI is InChI=1S/C19H25NO3/c1-19(18(22)23)11-12-20(13-19)17(21)16-9-7-15(8-10-16)14-5-3-2-4-6-14/h7-10,14H,2-6,11-13H2,1H3,(H,22,23). The third kappa shape index (κ3) is 3.26. The lowest BCUT2D eigenvalue weighted by atomic mass is 9.84. The molecule has 0 spiro atoms. The summed E-state index contributed by atoms with van der Waals surface area (Å²) in [6.07, 6.45) is 6.95. The summed E-state index contributed by atoms with van der Waals surface area (Å²) in [6.45, 7) is 2.53. The largest absolute Gasteiger partial charge is 0.481 e. The molecule has 2 fully saturated rings. The van der Waals surface area contributed by atoms with Gasteiger partial charge in [0.05, 0.1) is 5.41 Å². The van der Waals surface area contributed by atoms with Crippen LogP contribution in [0.15, 0.2) is 24.3 Å². The number of amides is 1. The molecule has 1 aromatic carbocycles. The lowest BCUT2D eigenvalue weighted by Crippen LogP contribution is -2.34. The van der Waals surface area contributed by atoms with Crippen LogP contribution in [0.5, 0.6) is 0 Å². The second kappa shape index (κ2) is 6.34. The molecular weight excluding hydrogens is 290 g/mol. The molecule has 0 radical (unpaired) electrons. The number of benzene rings is 1. The van der Waals surface area contributed by atoms with Crippen molar-refractivity contribution in [2.45, 2.75) is 51.4 Å². The number of rotatable bonds is 3. The normalized spacial score (nSPS) is 25.5. The lowest BCUT2D eigenvalue weighted by molar-refractivity contribution is -0.147. The van der Waals surface area contributed by atoms with Gasteiger partial charge in [-0.05, 0) is 49.8 Å². The van der Waals surface area contributed by atoms with Crippen LogP contribution >= 0.6 is 0 Å². The van der Waals surface area contributed by atoms with Crippen molar-refractivity contribution < 1.29 is 14.7 Å². The van der Waals surface area contributed by atoms with Gasteiger partial charge in [0.1, 0.15) is 0 Å². The van der Waals surface area contributed by atoms with Crippen molar-refractivity contribution in [3.63, 3.8) is 0 Å². The third-order valence-electron chi connectivity index (χ3n) is 5.51. The Labute approximate surface area is 137 Å². The zero-order chi connectivity index (χ0) is 16.4. The van der Waals surface area contributed by atoms with E-state index in [-0.39, 0.29) is 5.91 Å². The van der Waals surface area contributed by atoms with Crippen molar-refractivity contribution in [2.75, 3.05) is 13.1 Å². The van der Waals surface area contributed by atoms with Gasteiger partial charge in [-0.15, -0.1) is 0 Å². The van der Waals surface area contributed by atoms with Crippen LogP contribution in [0.3, 0.4) is 0 Å². The van der Waals surface area contributed by atoms with Crippen LogP contribution in [-0.2, 0) is 4.79 Å². The number of nitrogens with zero attached hydrogens (tertiary/aromatic N) is 1. The second-order valence-electron chi connectivity index (χ2n) is 7.30. The molecule has 1 saturated carbocycles. The van der Waals surface area contributed by atoms with Crippen molar-refractivity contribution in [3.8, 4) is 0 Å². The van der Waals surface area contributed by atoms with Gasteiger partial charge in [-0.2, -0.15) is 0 Å². The molecular formula is C19H25NO3. The summed E-state index contributed by atoms with van der Waals surface area (Å²) in [5.41, 5.74) is 1.19. The Hall–Kier alpha value is -1.84. The van der Waals surface area contributed by atoms with Crippen LogP contribution in [-0.4, -0.2) is 35.0 Å². The van der Waals surface area contributed by atoms with E-state index in [0.29, 0.717) is 31.0 Å². The first-order chi connectivity index (χ1) is 11.0. The number of hydrogen-bond acceptors (Lipinski definition) is 2. The molecule has 4 nitrogen and oxygen atoms in total. The van der Waals surface area contributed by atoms with Gasteiger partial charge >= 0.3 is 5.97 Å². The van der Waals surface area contributed by atoms with Gasteiger partial charge in [0.2, 0.25) is 0 Å². The topological polar surface area (TPSA) is 57.6 Å². The molecule has 23 heavy (non-hydrogen) atoms. The molecule has 1 atom stereocenters. The number of carbonyl (C=O) groups excluding carboxylic acids is 1. The molecule has 1 aliphatic heterocycles. The minimum Gasteiger partial charge on any atom is -0.481 e. The minimum atomic E-state index is -0.819. The van der Waals surface area contributed by atoms with Crippen LogP contribution in [0.4, 0.5) is 0 Å². The summed E-state index contributed by atoms with van der Waals surface area (Å²) in [5.74, 6) is -0.236. The molecule has 1 amide bonds. The van der Waals surface area contributed by atoms with Crippen LogP contribution in [0.25, 0.3) is 0 Å². The molecule has 4 heteroatoms. The van der Waals surface area contributed by atoms with E-state index >= 15 is 0 Å². The maximum absolute atomic E-state index is 12.6. The minimum absolute atomic E-state index is 0.0508. The summed E-state index contributed by atoms with van der Waals surface area (Å²) in [4.78, 5) is 25.6. The second-order valence-corrected chi connectivity index (χ2v) is 7.30. The summed E-state index contributed by atoms with van der Waals surface area (Å²) in [7, 11) is 0. The van der Waals surface area contributed by atoms with Gasteiger partial charge in [0.25, 0.3) is 5.91 Å². The van der Waals surface area contributed by atoms with Gasteiger partial charge in [-0.25, -0.2) is 0 Å². The molecule has 1 heterocycles. The van der Waals surface area contributed by atoms with Gasteiger partial charge in [0, 0.05) is 18.7 Å². The first kappa shape index (κ1) is 16.0. The monoisotopic (exact) mass is 315 g/mol. The Morgan fingerprint density at radius 2 is 1.78 bits per heavy atom. The average Bonchev–Trinajstić information content (AvgIpc) is 2.99. The molecule has 124 valence electrons. The number of hydrogen-bond donors (Lipinski definition) is 1. The zero-order valence-corrected chi connectivity index (χ0v) is 13.8. The predicted octanol–water partition coefficient (Wildman–Crippen LogP) is 3.67. The van der Waals surface area contributed by atoms with Crippen LogP contribution < -0.4 is 0 Å². The fourth-order valence-electron chi connectivity index (χ4n) is 3.83. The Bertz CT molecular complexity index is 589. The molecule has 1 aliphatic carbocycles. The van der Waals surface area contributed by atoms with Crippen molar-refractivity contribution in [1.29, 1.82) is 0 Å². The highest BCUT2D eigenvalue weighted by Crippen LogP contribution is 2.33. The van der Waals surface area contributed by atoms with Crippen molar-refractivity contribution in [1.82, 2.24) is 4.90 Å². The summed E-state index contributed by atoms with van der Waals surface area (Å²) >= 11 is 0. The van der Waals surface area contributed by atoms with E-state index in [1.807, 2.05) is 12.1 Å². The summed E-state index contributed by atoms with van der Waals surface area (Å²) < 4.78 is 0. The zero-order valence-electron chi connectivity index (χ0n) is 13.8. The Morgan fingerprint density at radius 1 is 1.13 bits per heavy atom. The van der Waals surface area contributed by atoms with E-state index in [4.69, 9.17) is 0 Å². The van der Waals surface area contributed by atoms with Crippen molar-refractivity contribution >= 4 is 11.9 Å². The van der Waals surface area contributed by atoms with Crippen LogP contribution in [0.2, 0.25) is 0 Å². The molecule has 3 rings (SSSR count). The Morgan fingerprint density at radius 3 is 2.35 bits per heavy atom. The predicted molar refractivity (Wildman–Crippen MR) is 88.5 cm³/mol. The SMILES string of the molecule is CC1(C(=O)O)CCN(C(=O)c2ccc(C3CCCCC3)cc2)C1. The van der Waals surface area contributed by atoms with Gasteiger partial charge < -0.3 is 10.0 Å². The van der Waals surface area contributed by atoms with E-state index in [1.54, 1.807) is 11.8 Å². The number of aliphatic carboxylic acids is 1. The molecule has 1 unspecified atom stereocenters. The number of carboxylic acid groups (broad SMARTS) is 1. The fraction of sp³-hybridized carbons (Fsp3) is 0.579. The average molecular weight is 315 g/mol. The smallest absolute Gasteiger partial charge is 0.311 e. The summed E-state index contributed by atoms with van der Waals surface area (Å²) in [5, 5.41) is 9.29. The van der Waals surface area contributed by atoms with Crippen molar-refractivity contribution in [2.24, 2.45) is 5.41 Å². The van der Waals surface area contributed by atoms with Crippen LogP contribution in [0.1, 0.15) is 67.3 Å². The van der Waals surface area contributed by atoms with Gasteiger partial charge in [-0.1, -0.05) is 31.4 Å². The Balaban J connectivity index is 1.67. The van der Waals surface area contributed by atoms with E-state index in [2.05, 4.69) is 12.1 Å².